The predicted molar refractivity (Wildman–Crippen MR) is 114 cm³/mol. The molecule has 0 saturated heterocycles. The third-order valence-corrected chi connectivity index (χ3v) is 4.75. The first-order valence-electron chi connectivity index (χ1n) is 9.55. The highest BCUT2D eigenvalue weighted by atomic mass is 16.5. The van der Waals surface area contributed by atoms with Crippen LogP contribution in [0.2, 0.25) is 0 Å². The van der Waals surface area contributed by atoms with Crippen LogP contribution in [-0.2, 0) is 6.54 Å². The van der Waals surface area contributed by atoms with Crippen molar-refractivity contribution in [2.75, 3.05) is 7.11 Å². The van der Waals surface area contributed by atoms with E-state index in [0.29, 0.717) is 23.9 Å². The molecular weight excluding hydrogens is 378 g/mol. The number of aromatic nitrogens is 2. The molecule has 0 radical (unpaired) electrons. The zero-order valence-electron chi connectivity index (χ0n) is 16.8. The van der Waals surface area contributed by atoms with Gasteiger partial charge in [0.25, 0.3) is 5.91 Å². The first-order valence-corrected chi connectivity index (χ1v) is 9.55. The van der Waals surface area contributed by atoms with E-state index in [0.717, 1.165) is 28.0 Å². The average molecular weight is 399 g/mol. The van der Waals surface area contributed by atoms with Crippen LogP contribution in [0, 0.1) is 6.92 Å². The smallest absolute Gasteiger partial charge is 0.251 e. The van der Waals surface area contributed by atoms with Gasteiger partial charge in [-0.2, -0.15) is 0 Å². The summed E-state index contributed by atoms with van der Waals surface area (Å²) in [7, 11) is 1.61. The number of hydrogen-bond acceptors (Lipinski definition) is 5. The fourth-order valence-corrected chi connectivity index (χ4v) is 3.04. The normalized spacial score (nSPS) is 10.6. The number of rotatable bonds is 6. The molecule has 4 aromatic rings. The van der Waals surface area contributed by atoms with Gasteiger partial charge in [-0.05, 0) is 49.4 Å². The van der Waals surface area contributed by atoms with Crippen LogP contribution in [-0.4, -0.2) is 23.2 Å². The second-order valence-electron chi connectivity index (χ2n) is 6.85. The van der Waals surface area contributed by atoms with E-state index in [1.165, 1.54) is 0 Å². The molecule has 3 aromatic carbocycles. The van der Waals surface area contributed by atoms with Gasteiger partial charge in [-0.25, -0.2) is 0 Å². The lowest BCUT2D eigenvalue weighted by Crippen LogP contribution is -2.22. The molecule has 1 amide bonds. The van der Waals surface area contributed by atoms with Gasteiger partial charge in [-0.3, -0.25) is 4.79 Å². The number of ether oxygens (including phenoxy) is 1. The Morgan fingerprint density at radius 2 is 1.50 bits per heavy atom. The minimum Gasteiger partial charge on any atom is -0.496 e. The molecule has 6 nitrogen and oxygen atoms in total. The number of amides is 1. The van der Waals surface area contributed by atoms with Gasteiger partial charge in [0.1, 0.15) is 5.75 Å². The summed E-state index contributed by atoms with van der Waals surface area (Å²) in [6.45, 7) is 2.41. The lowest BCUT2D eigenvalue weighted by Gasteiger charge is -2.09. The van der Waals surface area contributed by atoms with Crippen LogP contribution in [0.5, 0.6) is 5.75 Å². The number of nitrogens with zero attached hydrogens (tertiary/aromatic N) is 2. The van der Waals surface area contributed by atoms with Crippen LogP contribution in [0.4, 0.5) is 0 Å². The third kappa shape index (κ3) is 4.22. The minimum absolute atomic E-state index is 0.168. The highest BCUT2D eigenvalue weighted by Crippen LogP contribution is 2.24. The van der Waals surface area contributed by atoms with Crippen molar-refractivity contribution in [3.63, 3.8) is 0 Å². The summed E-state index contributed by atoms with van der Waals surface area (Å²) < 4.78 is 11.1. The van der Waals surface area contributed by atoms with Gasteiger partial charge in [0.2, 0.25) is 11.8 Å². The molecule has 1 heterocycles. The van der Waals surface area contributed by atoms with E-state index >= 15 is 0 Å². The molecule has 6 heteroatoms. The summed E-state index contributed by atoms with van der Waals surface area (Å²) in [4.78, 5) is 12.5. The van der Waals surface area contributed by atoms with Crippen molar-refractivity contribution < 1.29 is 13.9 Å². The Bertz CT molecular complexity index is 1150. The summed E-state index contributed by atoms with van der Waals surface area (Å²) in [5.41, 5.74) is 4.25. The van der Waals surface area contributed by atoms with Crippen LogP contribution in [0.3, 0.4) is 0 Å². The average Bonchev–Trinajstić information content (AvgIpc) is 3.28. The first kappa shape index (κ1) is 19.4. The third-order valence-electron chi connectivity index (χ3n) is 4.75. The molecule has 1 aromatic heterocycles. The maximum atomic E-state index is 12.5. The number of nitrogens with one attached hydrogen (secondary N) is 1. The first-order chi connectivity index (χ1) is 14.6. The number of aryl methyl sites for hydroxylation is 1. The van der Waals surface area contributed by atoms with Crippen molar-refractivity contribution in [2.45, 2.75) is 13.5 Å². The molecule has 0 aliphatic carbocycles. The largest absolute Gasteiger partial charge is 0.496 e. The van der Waals surface area contributed by atoms with E-state index in [-0.39, 0.29) is 5.91 Å². The van der Waals surface area contributed by atoms with Gasteiger partial charge >= 0.3 is 0 Å². The Morgan fingerprint density at radius 1 is 0.900 bits per heavy atom. The molecule has 0 aliphatic heterocycles. The molecule has 0 atom stereocenters. The maximum absolute atomic E-state index is 12.5. The molecule has 0 spiro atoms. The van der Waals surface area contributed by atoms with E-state index in [9.17, 15) is 4.79 Å². The lowest BCUT2D eigenvalue weighted by atomic mass is 10.1. The lowest BCUT2D eigenvalue weighted by molar-refractivity contribution is 0.0950. The molecule has 1 N–H and O–H groups in total. The number of carbonyl (C=O) groups excluding carboxylic acids is 1. The number of carbonyl (C=O) groups is 1. The number of hydrogen-bond donors (Lipinski definition) is 1. The predicted octanol–water partition coefficient (Wildman–Crippen LogP) is 4.65. The van der Waals surface area contributed by atoms with Gasteiger partial charge in [-0.1, -0.05) is 35.9 Å². The van der Waals surface area contributed by atoms with Crippen LogP contribution in [0.25, 0.3) is 22.9 Å². The van der Waals surface area contributed by atoms with E-state index in [4.69, 9.17) is 9.15 Å². The summed E-state index contributed by atoms with van der Waals surface area (Å²) in [6.07, 6.45) is 0. The maximum Gasteiger partial charge on any atom is 0.251 e. The Labute approximate surface area is 174 Å². The van der Waals surface area contributed by atoms with Gasteiger partial charge in [0, 0.05) is 28.8 Å². The van der Waals surface area contributed by atoms with Crippen LogP contribution in [0.1, 0.15) is 21.5 Å². The second kappa shape index (κ2) is 8.61. The highest BCUT2D eigenvalue weighted by Gasteiger charge is 2.12. The van der Waals surface area contributed by atoms with Crippen molar-refractivity contribution in [2.24, 2.45) is 0 Å². The zero-order chi connectivity index (χ0) is 20.9. The Balaban J connectivity index is 1.44. The molecule has 0 fully saturated rings. The quantitative estimate of drug-likeness (QED) is 0.511. The standard InChI is InChI=1S/C24H21N3O3/c1-16-7-9-18(10-8-16)23-26-27-24(30-23)19-13-11-17(12-14-19)22(28)25-15-20-5-3-4-6-21(20)29-2/h3-14H,15H2,1-2H3,(H,25,28). The Hall–Kier alpha value is -3.93. The van der Waals surface area contributed by atoms with Crippen molar-refractivity contribution in [3.8, 4) is 28.7 Å². The molecule has 150 valence electrons. The van der Waals surface area contributed by atoms with E-state index in [1.54, 1.807) is 31.4 Å². The SMILES string of the molecule is COc1ccccc1CNC(=O)c1ccc(-c2nnc(-c3ccc(C)cc3)o2)cc1. The van der Waals surface area contributed by atoms with Gasteiger partial charge < -0.3 is 14.5 Å². The molecule has 0 aliphatic rings. The van der Waals surface area contributed by atoms with E-state index < -0.39 is 0 Å². The Morgan fingerprint density at radius 3 is 2.13 bits per heavy atom. The van der Waals surface area contributed by atoms with Crippen LogP contribution < -0.4 is 10.1 Å². The van der Waals surface area contributed by atoms with Crippen molar-refractivity contribution >= 4 is 5.91 Å². The summed E-state index contributed by atoms with van der Waals surface area (Å²) in [5, 5.41) is 11.2. The number of para-hydroxylation sites is 1. The van der Waals surface area contributed by atoms with E-state index in [2.05, 4.69) is 15.5 Å². The van der Waals surface area contributed by atoms with Gasteiger partial charge in [0.05, 0.1) is 7.11 Å². The molecule has 0 bridgehead atoms. The van der Waals surface area contributed by atoms with Crippen LogP contribution in [0.15, 0.2) is 77.2 Å². The van der Waals surface area contributed by atoms with Crippen molar-refractivity contribution in [1.82, 2.24) is 15.5 Å². The molecule has 0 unspecified atom stereocenters. The minimum atomic E-state index is -0.168. The van der Waals surface area contributed by atoms with Gasteiger partial charge in [-0.15, -0.1) is 10.2 Å². The molecule has 4 rings (SSSR count). The number of methoxy groups -OCH3 is 1. The fraction of sp³-hybridized carbons (Fsp3) is 0.125. The summed E-state index contributed by atoms with van der Waals surface area (Å²) in [5.74, 6) is 1.45. The Kier molecular flexibility index (Phi) is 5.57. The second-order valence-corrected chi connectivity index (χ2v) is 6.85. The van der Waals surface area contributed by atoms with Crippen molar-refractivity contribution in [1.29, 1.82) is 0 Å². The fourth-order valence-electron chi connectivity index (χ4n) is 3.04. The molecule has 30 heavy (non-hydrogen) atoms. The summed E-state index contributed by atoms with van der Waals surface area (Å²) in [6, 6.07) is 22.5. The monoisotopic (exact) mass is 399 g/mol. The number of benzene rings is 3. The topological polar surface area (TPSA) is 77.2 Å². The van der Waals surface area contributed by atoms with Gasteiger partial charge in [0.15, 0.2) is 0 Å². The molecule has 0 saturated carbocycles. The molecular formula is C24H21N3O3. The zero-order valence-corrected chi connectivity index (χ0v) is 16.8. The van der Waals surface area contributed by atoms with E-state index in [1.807, 2.05) is 55.5 Å². The van der Waals surface area contributed by atoms with Crippen LogP contribution >= 0.6 is 0 Å². The highest BCUT2D eigenvalue weighted by molar-refractivity contribution is 5.94. The summed E-state index contributed by atoms with van der Waals surface area (Å²) >= 11 is 0. The van der Waals surface area contributed by atoms with Crippen molar-refractivity contribution in [3.05, 3.63) is 89.5 Å².